The van der Waals surface area contributed by atoms with Gasteiger partial charge in [0.1, 0.15) is 6.10 Å². The zero-order valence-electron chi connectivity index (χ0n) is 15.9. The molecular weight excluding hydrogens is 295 g/mol. The summed E-state index contributed by atoms with van der Waals surface area (Å²) in [5.41, 5.74) is -2.00. The maximum atomic E-state index is 10.0. The van der Waals surface area contributed by atoms with Gasteiger partial charge in [0, 0.05) is 0 Å². The zero-order chi connectivity index (χ0) is 18.0. The molecular formula is C16H33BO4Si. The van der Waals surface area contributed by atoms with Gasteiger partial charge in [-0.15, -0.1) is 0 Å². The molecule has 4 nitrogen and oxygen atoms in total. The summed E-state index contributed by atoms with van der Waals surface area (Å²) >= 11 is 0. The Hall–Kier alpha value is -0.318. The van der Waals surface area contributed by atoms with E-state index in [4.69, 9.17) is 9.08 Å². The van der Waals surface area contributed by atoms with Crippen molar-refractivity contribution in [2.45, 2.75) is 90.8 Å². The Kier molecular flexibility index (Phi) is 6.96. The van der Waals surface area contributed by atoms with Gasteiger partial charge in [0.2, 0.25) is 0 Å². The van der Waals surface area contributed by atoms with Crippen molar-refractivity contribution in [1.82, 2.24) is 0 Å². The SMILES string of the molecule is CC(C#CB(O)OC(C)(C)C(C)(C)O)O[Si](C)(C)C(C)(C)C. The van der Waals surface area contributed by atoms with E-state index in [1.807, 2.05) is 6.92 Å². The van der Waals surface area contributed by atoms with Gasteiger partial charge in [0.15, 0.2) is 8.32 Å². The molecule has 0 aromatic heterocycles. The molecule has 6 heteroatoms. The van der Waals surface area contributed by atoms with E-state index in [1.54, 1.807) is 27.7 Å². The number of hydrogen-bond acceptors (Lipinski definition) is 4. The first-order valence-corrected chi connectivity index (χ1v) is 10.7. The first kappa shape index (κ1) is 21.7. The van der Waals surface area contributed by atoms with E-state index in [1.165, 1.54) is 0 Å². The highest BCUT2D eigenvalue weighted by molar-refractivity contribution is 6.74. The van der Waals surface area contributed by atoms with Crippen molar-refractivity contribution in [3.05, 3.63) is 0 Å². The predicted octanol–water partition coefficient (Wildman–Crippen LogP) is 2.99. The van der Waals surface area contributed by atoms with Crippen molar-refractivity contribution < 1.29 is 19.2 Å². The molecule has 0 heterocycles. The second kappa shape index (κ2) is 7.06. The zero-order valence-corrected chi connectivity index (χ0v) is 16.9. The van der Waals surface area contributed by atoms with E-state index in [0.29, 0.717) is 0 Å². The summed E-state index contributed by atoms with van der Waals surface area (Å²) in [6.07, 6.45) is -0.274. The Bertz CT molecular complexity index is 386. The summed E-state index contributed by atoms with van der Waals surface area (Å²) in [6.45, 7) is 19.4. The normalized spacial score (nSPS) is 15.1. The van der Waals surface area contributed by atoms with E-state index in [9.17, 15) is 10.1 Å². The van der Waals surface area contributed by atoms with Crippen LogP contribution in [0.25, 0.3) is 0 Å². The lowest BCUT2D eigenvalue weighted by Crippen LogP contribution is -2.50. The van der Waals surface area contributed by atoms with Crippen LogP contribution in [0.5, 0.6) is 0 Å². The minimum absolute atomic E-state index is 0.112. The molecule has 0 fully saturated rings. The quantitative estimate of drug-likeness (QED) is 0.602. The third-order valence-electron chi connectivity index (χ3n) is 4.57. The van der Waals surface area contributed by atoms with E-state index in [0.717, 1.165) is 0 Å². The standard InChI is InChI=1S/C16H33BO4Si/c1-13(20-22(9,10)14(2,3)4)11-12-17(19)21-16(7,8)15(5,6)18/h13,18-19H,1-10H3. The van der Waals surface area contributed by atoms with Crippen molar-refractivity contribution in [2.24, 2.45) is 0 Å². The van der Waals surface area contributed by atoms with Crippen LogP contribution in [0.15, 0.2) is 0 Å². The second-order valence-electron chi connectivity index (χ2n) is 8.35. The summed E-state index contributed by atoms with van der Waals surface area (Å²) in [5, 5.41) is 20.0. The number of aliphatic hydroxyl groups is 1. The van der Waals surface area contributed by atoms with E-state index in [2.05, 4.69) is 45.6 Å². The van der Waals surface area contributed by atoms with E-state index < -0.39 is 26.6 Å². The topological polar surface area (TPSA) is 58.9 Å². The molecule has 0 rings (SSSR count). The monoisotopic (exact) mass is 328 g/mol. The largest absolute Gasteiger partial charge is 0.547 e. The van der Waals surface area contributed by atoms with Crippen molar-refractivity contribution in [3.8, 4) is 11.7 Å². The lowest BCUT2D eigenvalue weighted by molar-refractivity contribution is -0.0981. The summed E-state index contributed by atoms with van der Waals surface area (Å²) in [5.74, 6) is 5.54. The van der Waals surface area contributed by atoms with Gasteiger partial charge in [0.25, 0.3) is 0 Å². The predicted molar refractivity (Wildman–Crippen MR) is 95.0 cm³/mol. The van der Waals surface area contributed by atoms with Crippen LogP contribution in [0.2, 0.25) is 18.1 Å². The van der Waals surface area contributed by atoms with Gasteiger partial charge in [-0.1, -0.05) is 32.5 Å². The Labute approximate surface area is 137 Å². The Balaban J connectivity index is 4.76. The molecule has 0 aliphatic carbocycles. The maximum absolute atomic E-state index is 10.0. The summed E-state index contributed by atoms with van der Waals surface area (Å²) < 4.78 is 11.5. The van der Waals surface area contributed by atoms with Crippen LogP contribution >= 0.6 is 0 Å². The van der Waals surface area contributed by atoms with Gasteiger partial charge in [-0.25, -0.2) is 0 Å². The highest BCUT2D eigenvalue weighted by atomic mass is 28.4. The first-order valence-electron chi connectivity index (χ1n) is 7.77. The molecule has 0 saturated carbocycles. The molecule has 0 aliphatic heterocycles. The minimum Gasteiger partial charge on any atom is -0.416 e. The van der Waals surface area contributed by atoms with Gasteiger partial charge in [-0.2, -0.15) is 0 Å². The van der Waals surface area contributed by atoms with Crippen molar-refractivity contribution in [2.75, 3.05) is 0 Å². The molecule has 0 saturated heterocycles. The molecule has 2 N–H and O–H groups in total. The molecule has 22 heavy (non-hydrogen) atoms. The molecule has 0 aliphatic rings. The maximum Gasteiger partial charge on any atom is 0.547 e. The molecule has 0 aromatic rings. The van der Waals surface area contributed by atoms with Gasteiger partial charge in [-0.05, 0) is 52.8 Å². The molecule has 0 spiro atoms. The van der Waals surface area contributed by atoms with Crippen molar-refractivity contribution in [1.29, 1.82) is 0 Å². The third kappa shape index (κ3) is 6.43. The summed E-state index contributed by atoms with van der Waals surface area (Å²) in [4.78, 5) is 0. The van der Waals surface area contributed by atoms with E-state index >= 15 is 0 Å². The van der Waals surface area contributed by atoms with Gasteiger partial charge in [-0.3, -0.25) is 0 Å². The molecule has 0 bridgehead atoms. The van der Waals surface area contributed by atoms with Crippen LogP contribution in [-0.2, 0) is 9.08 Å². The fraction of sp³-hybridized carbons (Fsp3) is 0.875. The van der Waals surface area contributed by atoms with E-state index in [-0.39, 0.29) is 11.1 Å². The molecule has 128 valence electrons. The number of hydrogen-bond donors (Lipinski definition) is 2. The van der Waals surface area contributed by atoms with Crippen LogP contribution in [-0.4, -0.2) is 42.9 Å². The fourth-order valence-electron chi connectivity index (χ4n) is 1.29. The Morgan fingerprint density at radius 1 is 1.05 bits per heavy atom. The summed E-state index contributed by atoms with van der Waals surface area (Å²) in [7, 11) is -3.14. The first-order chi connectivity index (χ1) is 9.49. The smallest absolute Gasteiger partial charge is 0.416 e. The molecule has 0 radical (unpaired) electrons. The third-order valence-corrected chi connectivity index (χ3v) is 9.12. The second-order valence-corrected chi connectivity index (χ2v) is 13.1. The fourth-order valence-corrected chi connectivity index (χ4v) is 2.59. The number of rotatable bonds is 5. The Morgan fingerprint density at radius 2 is 1.50 bits per heavy atom. The molecule has 0 aromatic carbocycles. The van der Waals surface area contributed by atoms with Crippen LogP contribution in [0.4, 0.5) is 0 Å². The minimum atomic E-state index is -1.88. The van der Waals surface area contributed by atoms with Crippen LogP contribution in [0, 0.1) is 11.7 Å². The highest BCUT2D eigenvalue weighted by Gasteiger charge is 2.39. The average Bonchev–Trinajstić information content (AvgIpc) is 2.21. The van der Waals surface area contributed by atoms with Crippen LogP contribution < -0.4 is 0 Å². The Morgan fingerprint density at radius 3 is 1.86 bits per heavy atom. The van der Waals surface area contributed by atoms with Gasteiger partial charge >= 0.3 is 7.12 Å². The molecule has 1 unspecified atom stereocenters. The highest BCUT2D eigenvalue weighted by Crippen LogP contribution is 2.37. The van der Waals surface area contributed by atoms with Crippen molar-refractivity contribution in [3.63, 3.8) is 0 Å². The lowest BCUT2D eigenvalue weighted by atomic mass is 9.84. The molecule has 0 amide bonds. The van der Waals surface area contributed by atoms with Crippen LogP contribution in [0.1, 0.15) is 55.4 Å². The van der Waals surface area contributed by atoms with Gasteiger partial charge in [0.05, 0.1) is 11.2 Å². The molecule has 1 atom stereocenters. The van der Waals surface area contributed by atoms with Crippen molar-refractivity contribution >= 4 is 15.4 Å². The van der Waals surface area contributed by atoms with Gasteiger partial charge < -0.3 is 19.2 Å². The summed E-state index contributed by atoms with van der Waals surface area (Å²) in [6, 6.07) is 0. The average molecular weight is 328 g/mol. The lowest BCUT2D eigenvalue weighted by Gasteiger charge is -2.38. The van der Waals surface area contributed by atoms with Crippen LogP contribution in [0.3, 0.4) is 0 Å².